The van der Waals surface area contributed by atoms with Gasteiger partial charge in [0.25, 0.3) is 0 Å². The van der Waals surface area contributed by atoms with E-state index in [1.807, 2.05) is 36.6 Å². The van der Waals surface area contributed by atoms with E-state index in [1.165, 1.54) is 11.3 Å². The van der Waals surface area contributed by atoms with Crippen LogP contribution in [-0.2, 0) is 11.2 Å². The summed E-state index contributed by atoms with van der Waals surface area (Å²) in [5, 5.41) is 5.61. The minimum atomic E-state index is 0.0136. The lowest BCUT2D eigenvalue weighted by molar-refractivity contribution is -0.120. The number of nitrogens with one attached hydrogen (secondary N) is 1. The SMILES string of the molecule is CCCNC(=O)Cc1csc(-c2ccccc2N)n1. The van der Waals surface area contributed by atoms with Crippen molar-refractivity contribution >= 4 is 22.9 Å². The molecule has 1 heterocycles. The van der Waals surface area contributed by atoms with E-state index in [0.29, 0.717) is 18.7 Å². The molecule has 1 aromatic heterocycles. The molecule has 0 aliphatic heterocycles. The van der Waals surface area contributed by atoms with Crippen LogP contribution in [0.5, 0.6) is 0 Å². The van der Waals surface area contributed by atoms with Crippen molar-refractivity contribution in [1.29, 1.82) is 0 Å². The number of carbonyl (C=O) groups is 1. The van der Waals surface area contributed by atoms with Crippen LogP contribution in [0.2, 0.25) is 0 Å². The highest BCUT2D eigenvalue weighted by atomic mass is 32.1. The molecule has 100 valence electrons. The predicted molar refractivity (Wildman–Crippen MR) is 79.0 cm³/mol. The number of thiazole rings is 1. The number of nitrogens with zero attached hydrogens (tertiary/aromatic N) is 1. The van der Waals surface area contributed by atoms with Crippen LogP contribution in [0.15, 0.2) is 29.6 Å². The highest BCUT2D eigenvalue weighted by Gasteiger charge is 2.10. The van der Waals surface area contributed by atoms with Gasteiger partial charge in [-0.25, -0.2) is 4.98 Å². The lowest BCUT2D eigenvalue weighted by atomic mass is 10.2. The topological polar surface area (TPSA) is 68.0 Å². The molecule has 0 radical (unpaired) electrons. The third kappa shape index (κ3) is 3.54. The van der Waals surface area contributed by atoms with Gasteiger partial charge in [0.2, 0.25) is 5.91 Å². The van der Waals surface area contributed by atoms with Crippen molar-refractivity contribution in [3.8, 4) is 10.6 Å². The maximum absolute atomic E-state index is 11.6. The molecule has 0 fully saturated rings. The van der Waals surface area contributed by atoms with Gasteiger partial charge in [0.1, 0.15) is 5.01 Å². The zero-order valence-electron chi connectivity index (χ0n) is 10.8. The summed E-state index contributed by atoms with van der Waals surface area (Å²) >= 11 is 1.51. The number of nitrogen functional groups attached to an aromatic ring is 1. The van der Waals surface area contributed by atoms with Crippen molar-refractivity contribution in [2.75, 3.05) is 12.3 Å². The van der Waals surface area contributed by atoms with Crippen LogP contribution in [0.1, 0.15) is 19.0 Å². The molecular weight excluding hydrogens is 258 g/mol. The second-order valence-electron chi connectivity index (χ2n) is 4.26. The quantitative estimate of drug-likeness (QED) is 0.824. The molecule has 0 aliphatic rings. The van der Waals surface area contributed by atoms with Crippen LogP contribution in [0.3, 0.4) is 0 Å². The second kappa shape index (κ2) is 6.33. The van der Waals surface area contributed by atoms with Crippen molar-refractivity contribution in [1.82, 2.24) is 10.3 Å². The third-order valence-corrected chi connectivity index (χ3v) is 3.58. The van der Waals surface area contributed by atoms with E-state index >= 15 is 0 Å². The summed E-state index contributed by atoms with van der Waals surface area (Å²) in [6, 6.07) is 7.62. The summed E-state index contributed by atoms with van der Waals surface area (Å²) in [5.41, 5.74) is 8.34. The number of carbonyl (C=O) groups excluding carboxylic acids is 1. The Kier molecular flexibility index (Phi) is 4.52. The van der Waals surface area contributed by atoms with E-state index < -0.39 is 0 Å². The Labute approximate surface area is 116 Å². The maximum Gasteiger partial charge on any atom is 0.226 e. The van der Waals surface area contributed by atoms with Gasteiger partial charge in [0, 0.05) is 23.2 Å². The van der Waals surface area contributed by atoms with Gasteiger partial charge in [-0.05, 0) is 18.6 Å². The average Bonchev–Trinajstić information content (AvgIpc) is 2.85. The minimum absolute atomic E-state index is 0.0136. The van der Waals surface area contributed by atoms with Crippen LogP contribution >= 0.6 is 11.3 Å². The Balaban J connectivity index is 2.07. The molecule has 1 amide bonds. The highest BCUT2D eigenvalue weighted by molar-refractivity contribution is 7.13. The second-order valence-corrected chi connectivity index (χ2v) is 5.12. The number of nitrogens with two attached hydrogens (primary N) is 1. The summed E-state index contributed by atoms with van der Waals surface area (Å²) in [4.78, 5) is 16.1. The molecule has 1 aromatic carbocycles. The summed E-state index contributed by atoms with van der Waals surface area (Å²) in [5.74, 6) is 0.0136. The molecule has 3 N–H and O–H groups in total. The Bertz CT molecular complexity index is 565. The van der Waals surface area contributed by atoms with Crippen LogP contribution in [0, 0.1) is 0 Å². The zero-order chi connectivity index (χ0) is 13.7. The minimum Gasteiger partial charge on any atom is -0.398 e. The molecule has 2 aromatic rings. The first-order chi connectivity index (χ1) is 9.20. The summed E-state index contributed by atoms with van der Waals surface area (Å²) < 4.78 is 0. The van der Waals surface area contributed by atoms with Crippen molar-refractivity contribution < 1.29 is 4.79 Å². The predicted octanol–water partition coefficient (Wildman–Crippen LogP) is 2.46. The van der Waals surface area contributed by atoms with Crippen molar-refractivity contribution in [3.05, 3.63) is 35.3 Å². The van der Waals surface area contributed by atoms with Gasteiger partial charge in [-0.2, -0.15) is 0 Å². The summed E-state index contributed by atoms with van der Waals surface area (Å²) in [6.07, 6.45) is 1.26. The van der Waals surface area contributed by atoms with E-state index in [4.69, 9.17) is 5.73 Å². The summed E-state index contributed by atoms with van der Waals surface area (Å²) in [7, 11) is 0. The zero-order valence-corrected chi connectivity index (χ0v) is 11.7. The van der Waals surface area contributed by atoms with E-state index in [-0.39, 0.29) is 5.91 Å². The number of hydrogen-bond donors (Lipinski definition) is 2. The number of amides is 1. The van der Waals surface area contributed by atoms with Crippen molar-refractivity contribution in [2.45, 2.75) is 19.8 Å². The standard InChI is InChI=1S/C14H17N3OS/c1-2-7-16-13(18)8-10-9-19-14(17-10)11-5-3-4-6-12(11)15/h3-6,9H,2,7-8,15H2,1H3,(H,16,18). The fraction of sp³-hybridized carbons (Fsp3) is 0.286. The van der Waals surface area contributed by atoms with Gasteiger partial charge in [0.15, 0.2) is 0 Å². The molecule has 5 heteroatoms. The van der Waals surface area contributed by atoms with E-state index in [1.54, 1.807) is 0 Å². The Hall–Kier alpha value is -1.88. The van der Waals surface area contributed by atoms with Crippen LogP contribution in [0.25, 0.3) is 10.6 Å². The number of aromatic nitrogens is 1. The van der Waals surface area contributed by atoms with E-state index in [0.717, 1.165) is 22.7 Å². The fourth-order valence-corrected chi connectivity index (χ4v) is 2.56. The fourth-order valence-electron chi connectivity index (χ4n) is 1.70. The normalized spacial score (nSPS) is 10.4. The molecule has 0 unspecified atom stereocenters. The number of hydrogen-bond acceptors (Lipinski definition) is 4. The molecule has 19 heavy (non-hydrogen) atoms. The first kappa shape index (κ1) is 13.5. The number of benzene rings is 1. The van der Waals surface area contributed by atoms with Crippen molar-refractivity contribution in [3.63, 3.8) is 0 Å². The third-order valence-electron chi connectivity index (χ3n) is 2.66. The van der Waals surface area contributed by atoms with Gasteiger partial charge < -0.3 is 11.1 Å². The lowest BCUT2D eigenvalue weighted by Gasteiger charge is -2.01. The Morgan fingerprint density at radius 3 is 2.95 bits per heavy atom. The van der Waals surface area contributed by atoms with Gasteiger partial charge in [-0.15, -0.1) is 11.3 Å². The number of rotatable bonds is 5. The smallest absolute Gasteiger partial charge is 0.226 e. The lowest BCUT2D eigenvalue weighted by Crippen LogP contribution is -2.25. The molecule has 2 rings (SSSR count). The van der Waals surface area contributed by atoms with Gasteiger partial charge in [-0.3, -0.25) is 4.79 Å². The van der Waals surface area contributed by atoms with Crippen LogP contribution in [-0.4, -0.2) is 17.4 Å². The van der Waals surface area contributed by atoms with Gasteiger partial charge in [0.05, 0.1) is 12.1 Å². The molecular formula is C14H17N3OS. The first-order valence-corrected chi connectivity index (χ1v) is 7.14. The molecule has 0 bridgehead atoms. The number of anilines is 1. The Morgan fingerprint density at radius 2 is 2.21 bits per heavy atom. The van der Waals surface area contributed by atoms with Gasteiger partial charge >= 0.3 is 0 Å². The monoisotopic (exact) mass is 275 g/mol. The van der Waals surface area contributed by atoms with Crippen LogP contribution < -0.4 is 11.1 Å². The largest absolute Gasteiger partial charge is 0.398 e. The van der Waals surface area contributed by atoms with Crippen molar-refractivity contribution in [2.24, 2.45) is 0 Å². The molecule has 0 saturated heterocycles. The molecule has 4 nitrogen and oxygen atoms in total. The van der Waals surface area contributed by atoms with Crippen LogP contribution in [0.4, 0.5) is 5.69 Å². The highest BCUT2D eigenvalue weighted by Crippen LogP contribution is 2.28. The average molecular weight is 275 g/mol. The van der Waals surface area contributed by atoms with E-state index in [2.05, 4.69) is 10.3 Å². The molecule has 0 spiro atoms. The Morgan fingerprint density at radius 1 is 1.42 bits per heavy atom. The maximum atomic E-state index is 11.6. The molecule has 0 atom stereocenters. The first-order valence-electron chi connectivity index (χ1n) is 6.26. The molecule has 0 aliphatic carbocycles. The van der Waals surface area contributed by atoms with Gasteiger partial charge in [-0.1, -0.05) is 19.1 Å². The summed E-state index contributed by atoms with van der Waals surface area (Å²) in [6.45, 7) is 2.74. The molecule has 0 saturated carbocycles. The number of para-hydroxylation sites is 1. The van der Waals surface area contributed by atoms with E-state index in [9.17, 15) is 4.79 Å².